The molecular formula is C22H26ClN3O3. The molecular weight excluding hydrogens is 390 g/mol. The lowest BCUT2D eigenvalue weighted by atomic mass is 10.1. The maximum atomic E-state index is 12.9. The molecule has 2 aromatic rings. The molecule has 29 heavy (non-hydrogen) atoms. The topological polar surface area (TPSA) is 61.9 Å². The number of amides is 2. The monoisotopic (exact) mass is 415 g/mol. The maximum Gasteiger partial charge on any atom is 0.262 e. The summed E-state index contributed by atoms with van der Waals surface area (Å²) in [6.07, 6.45) is 0. The number of likely N-dealkylation sites (N-methyl/N-ethyl adjacent to an activating group) is 1. The van der Waals surface area contributed by atoms with Crippen LogP contribution in [0.5, 0.6) is 5.75 Å². The van der Waals surface area contributed by atoms with E-state index in [1.54, 1.807) is 36.4 Å². The van der Waals surface area contributed by atoms with E-state index < -0.39 is 0 Å². The summed E-state index contributed by atoms with van der Waals surface area (Å²) in [5, 5.41) is 3.49. The van der Waals surface area contributed by atoms with Gasteiger partial charge in [0.1, 0.15) is 5.75 Å². The fourth-order valence-electron chi connectivity index (χ4n) is 3.28. The molecule has 0 aliphatic carbocycles. The molecule has 7 heteroatoms. The van der Waals surface area contributed by atoms with Gasteiger partial charge in [-0.15, -0.1) is 0 Å². The molecule has 0 atom stereocenters. The molecule has 0 saturated carbocycles. The van der Waals surface area contributed by atoms with Crippen LogP contribution in [0.3, 0.4) is 0 Å². The number of rotatable bonds is 5. The van der Waals surface area contributed by atoms with Gasteiger partial charge >= 0.3 is 0 Å². The van der Waals surface area contributed by atoms with Gasteiger partial charge in [0.05, 0.1) is 11.3 Å². The Morgan fingerprint density at radius 3 is 2.34 bits per heavy atom. The van der Waals surface area contributed by atoms with Crippen molar-refractivity contribution in [1.29, 1.82) is 0 Å². The lowest BCUT2D eigenvalue weighted by Gasteiger charge is -2.32. The van der Waals surface area contributed by atoms with E-state index in [0.717, 1.165) is 24.2 Å². The molecule has 1 aliphatic heterocycles. The van der Waals surface area contributed by atoms with E-state index in [0.29, 0.717) is 35.1 Å². The molecule has 1 fully saturated rings. The zero-order valence-corrected chi connectivity index (χ0v) is 17.8. The van der Waals surface area contributed by atoms with Crippen molar-refractivity contribution in [2.24, 2.45) is 0 Å². The summed E-state index contributed by atoms with van der Waals surface area (Å²) >= 11 is 6.17. The maximum absolute atomic E-state index is 12.9. The van der Waals surface area contributed by atoms with Gasteiger partial charge < -0.3 is 19.9 Å². The smallest absolute Gasteiger partial charge is 0.262 e. The first kappa shape index (κ1) is 21.1. The predicted molar refractivity (Wildman–Crippen MR) is 115 cm³/mol. The molecule has 1 saturated heterocycles. The Balaban J connectivity index is 1.64. The number of nitrogens with zero attached hydrogens (tertiary/aromatic N) is 2. The van der Waals surface area contributed by atoms with E-state index in [9.17, 15) is 9.59 Å². The van der Waals surface area contributed by atoms with Crippen LogP contribution in [0, 0.1) is 13.8 Å². The highest BCUT2D eigenvalue weighted by Crippen LogP contribution is 2.26. The van der Waals surface area contributed by atoms with Crippen molar-refractivity contribution in [1.82, 2.24) is 9.80 Å². The molecule has 6 nitrogen and oxygen atoms in total. The number of hydrogen-bond donors (Lipinski definition) is 1. The van der Waals surface area contributed by atoms with Crippen LogP contribution in [0.1, 0.15) is 21.5 Å². The van der Waals surface area contributed by atoms with Crippen LogP contribution in [-0.2, 0) is 4.79 Å². The third-order valence-corrected chi connectivity index (χ3v) is 5.60. The first-order chi connectivity index (χ1) is 13.8. The Morgan fingerprint density at radius 2 is 1.69 bits per heavy atom. The van der Waals surface area contributed by atoms with E-state index in [4.69, 9.17) is 16.3 Å². The summed E-state index contributed by atoms with van der Waals surface area (Å²) < 4.78 is 5.61. The van der Waals surface area contributed by atoms with Gasteiger partial charge in [0, 0.05) is 31.2 Å². The van der Waals surface area contributed by atoms with Crippen LogP contribution in [0.4, 0.5) is 5.69 Å². The minimum absolute atomic E-state index is 0.0705. The van der Waals surface area contributed by atoms with Crippen molar-refractivity contribution in [3.63, 3.8) is 0 Å². The van der Waals surface area contributed by atoms with Gasteiger partial charge in [-0.2, -0.15) is 0 Å². The first-order valence-corrected chi connectivity index (χ1v) is 9.99. The molecule has 2 amide bonds. The fourth-order valence-corrected chi connectivity index (χ4v) is 3.39. The second-order valence-electron chi connectivity index (χ2n) is 7.35. The van der Waals surface area contributed by atoms with Crippen molar-refractivity contribution in [3.05, 3.63) is 58.1 Å². The molecule has 0 unspecified atom stereocenters. The molecule has 1 N–H and O–H groups in total. The molecule has 154 valence electrons. The Kier molecular flexibility index (Phi) is 6.77. The van der Waals surface area contributed by atoms with Gasteiger partial charge in [0.15, 0.2) is 6.61 Å². The van der Waals surface area contributed by atoms with E-state index in [-0.39, 0.29) is 18.4 Å². The molecule has 0 aromatic heterocycles. The summed E-state index contributed by atoms with van der Waals surface area (Å²) in [6.45, 7) is 6.66. The van der Waals surface area contributed by atoms with Crippen molar-refractivity contribution >= 4 is 29.1 Å². The van der Waals surface area contributed by atoms with E-state index in [1.807, 2.05) is 25.8 Å². The van der Waals surface area contributed by atoms with E-state index in [2.05, 4.69) is 10.2 Å². The molecule has 0 bridgehead atoms. The Bertz CT molecular complexity index is 885. The zero-order chi connectivity index (χ0) is 21.0. The highest BCUT2D eigenvalue weighted by atomic mass is 35.5. The number of halogens is 1. The molecule has 0 radical (unpaired) electrons. The van der Waals surface area contributed by atoms with Crippen LogP contribution in [-0.4, -0.2) is 61.4 Å². The van der Waals surface area contributed by atoms with Crippen LogP contribution < -0.4 is 10.1 Å². The molecule has 3 rings (SSSR count). The quantitative estimate of drug-likeness (QED) is 0.813. The Morgan fingerprint density at radius 1 is 1.07 bits per heavy atom. The van der Waals surface area contributed by atoms with Crippen LogP contribution >= 0.6 is 11.6 Å². The van der Waals surface area contributed by atoms with Crippen LogP contribution in [0.15, 0.2) is 36.4 Å². The average Bonchev–Trinajstić information content (AvgIpc) is 2.71. The van der Waals surface area contributed by atoms with Gasteiger partial charge in [-0.05, 0) is 56.3 Å². The van der Waals surface area contributed by atoms with Crippen LogP contribution in [0.25, 0.3) is 0 Å². The van der Waals surface area contributed by atoms with Gasteiger partial charge in [0.2, 0.25) is 0 Å². The third-order valence-electron chi connectivity index (χ3n) is 5.00. The summed E-state index contributed by atoms with van der Waals surface area (Å²) in [5.74, 6) is 0.189. The second-order valence-corrected chi connectivity index (χ2v) is 7.73. The molecule has 1 heterocycles. The summed E-state index contributed by atoms with van der Waals surface area (Å²) in [7, 11) is 2.04. The van der Waals surface area contributed by atoms with Gasteiger partial charge in [-0.1, -0.05) is 23.7 Å². The number of piperazine rings is 1. The average molecular weight is 416 g/mol. The number of anilines is 1. The number of nitrogens with one attached hydrogen (secondary N) is 1. The van der Waals surface area contributed by atoms with Crippen LogP contribution in [0.2, 0.25) is 5.02 Å². The van der Waals surface area contributed by atoms with Crippen molar-refractivity contribution < 1.29 is 14.3 Å². The van der Waals surface area contributed by atoms with Crippen molar-refractivity contribution in [3.8, 4) is 5.75 Å². The fraction of sp³-hybridized carbons (Fsp3) is 0.364. The number of hydrogen-bond acceptors (Lipinski definition) is 4. The second kappa shape index (κ2) is 9.29. The first-order valence-electron chi connectivity index (χ1n) is 9.61. The number of benzene rings is 2. The molecule has 2 aromatic carbocycles. The summed E-state index contributed by atoms with van der Waals surface area (Å²) in [6, 6.07) is 10.7. The number of carbonyl (C=O) groups is 2. The number of carbonyl (C=O) groups excluding carboxylic acids is 2. The van der Waals surface area contributed by atoms with E-state index in [1.165, 1.54) is 0 Å². The van der Waals surface area contributed by atoms with E-state index >= 15 is 0 Å². The van der Waals surface area contributed by atoms with Gasteiger partial charge in [-0.3, -0.25) is 9.59 Å². The van der Waals surface area contributed by atoms with Crippen molar-refractivity contribution in [2.75, 3.05) is 45.2 Å². The Hall–Kier alpha value is -2.57. The number of ether oxygens (including phenoxy) is 1. The Labute approximate surface area is 176 Å². The standard InChI is InChI=1S/C22H26ClN3O3/c1-15-12-17(13-16(2)21(15)23)29-14-20(27)24-19-7-5-4-6-18(19)22(28)26-10-8-25(3)9-11-26/h4-7,12-13H,8-11,14H2,1-3H3,(H,24,27). The lowest BCUT2D eigenvalue weighted by molar-refractivity contribution is -0.118. The zero-order valence-electron chi connectivity index (χ0n) is 17.0. The third kappa shape index (κ3) is 5.28. The summed E-state index contributed by atoms with van der Waals surface area (Å²) in [5.41, 5.74) is 2.77. The van der Waals surface area contributed by atoms with Crippen molar-refractivity contribution in [2.45, 2.75) is 13.8 Å². The predicted octanol–water partition coefficient (Wildman–Crippen LogP) is 3.36. The number of para-hydroxylation sites is 1. The summed E-state index contributed by atoms with van der Waals surface area (Å²) in [4.78, 5) is 29.3. The normalized spacial score (nSPS) is 14.6. The lowest BCUT2D eigenvalue weighted by Crippen LogP contribution is -2.47. The minimum Gasteiger partial charge on any atom is -0.484 e. The number of aryl methyl sites for hydroxylation is 2. The largest absolute Gasteiger partial charge is 0.484 e. The molecule has 0 spiro atoms. The minimum atomic E-state index is -0.325. The molecule has 1 aliphatic rings. The van der Waals surface area contributed by atoms with Gasteiger partial charge in [-0.25, -0.2) is 0 Å². The van der Waals surface area contributed by atoms with Gasteiger partial charge in [0.25, 0.3) is 11.8 Å². The highest BCUT2D eigenvalue weighted by molar-refractivity contribution is 6.32. The SMILES string of the molecule is Cc1cc(OCC(=O)Nc2ccccc2C(=O)N2CCN(C)CC2)cc(C)c1Cl. The highest BCUT2D eigenvalue weighted by Gasteiger charge is 2.22.